The lowest BCUT2D eigenvalue weighted by Crippen LogP contribution is -2.49. The van der Waals surface area contributed by atoms with E-state index in [1.807, 2.05) is 12.1 Å². The van der Waals surface area contributed by atoms with E-state index in [9.17, 15) is 10.2 Å². The highest BCUT2D eigenvalue weighted by molar-refractivity contribution is 5.94. The van der Waals surface area contributed by atoms with Crippen molar-refractivity contribution in [3.05, 3.63) is 35.4 Å². The molecule has 0 amide bonds. The molecular formula is C30H36O2. The van der Waals surface area contributed by atoms with Gasteiger partial charge in [0, 0.05) is 22.0 Å². The van der Waals surface area contributed by atoms with Gasteiger partial charge in [0.1, 0.15) is 11.5 Å². The molecule has 2 nitrogen and oxygen atoms in total. The van der Waals surface area contributed by atoms with Crippen LogP contribution in [0.25, 0.3) is 10.8 Å². The van der Waals surface area contributed by atoms with Crippen LogP contribution in [-0.4, -0.2) is 10.2 Å². The lowest BCUT2D eigenvalue weighted by atomic mass is 9.46. The summed E-state index contributed by atoms with van der Waals surface area (Å²) >= 11 is 0. The van der Waals surface area contributed by atoms with Crippen LogP contribution in [0.5, 0.6) is 11.5 Å². The van der Waals surface area contributed by atoms with Crippen molar-refractivity contribution in [1.29, 1.82) is 0 Å². The fourth-order valence-electron chi connectivity index (χ4n) is 11.3. The third-order valence-electron chi connectivity index (χ3n) is 11.3. The highest BCUT2D eigenvalue weighted by Gasteiger charge is 2.55. The van der Waals surface area contributed by atoms with Crippen molar-refractivity contribution in [3.63, 3.8) is 0 Å². The summed E-state index contributed by atoms with van der Waals surface area (Å²) in [5.74, 6) is 6.17. The standard InChI is InChI=1S/C30H36O2/c31-25-3-1-23-24(28(25)30-14-20-8-21(15-30)10-22(9-20)16-30)2-4-26(32)27(23)29-11-17-5-18(12-29)7-19(6-17)13-29/h1-4,17-22,31-32H,5-16H2. The van der Waals surface area contributed by atoms with Gasteiger partial charge in [-0.1, -0.05) is 12.1 Å². The summed E-state index contributed by atoms with van der Waals surface area (Å²) in [6, 6.07) is 8.28. The van der Waals surface area contributed by atoms with E-state index in [1.165, 1.54) is 98.9 Å². The number of rotatable bonds is 2. The van der Waals surface area contributed by atoms with Crippen LogP contribution >= 0.6 is 0 Å². The summed E-state index contributed by atoms with van der Waals surface area (Å²) in [6.07, 6.45) is 16.1. The molecule has 2 N–H and O–H groups in total. The maximum Gasteiger partial charge on any atom is 0.119 e. The van der Waals surface area contributed by atoms with Crippen molar-refractivity contribution < 1.29 is 10.2 Å². The van der Waals surface area contributed by atoms with Crippen molar-refractivity contribution >= 4 is 10.8 Å². The Bertz CT molecular complexity index is 968. The first kappa shape index (κ1) is 18.7. The molecule has 0 radical (unpaired) electrons. The molecule has 2 heteroatoms. The quantitative estimate of drug-likeness (QED) is 0.531. The normalized spacial score (nSPS) is 45.8. The predicted molar refractivity (Wildman–Crippen MR) is 127 cm³/mol. The Hall–Kier alpha value is -1.70. The van der Waals surface area contributed by atoms with Gasteiger partial charge in [0.05, 0.1) is 0 Å². The molecule has 8 aliphatic rings. The molecule has 32 heavy (non-hydrogen) atoms. The Labute approximate surface area is 191 Å². The second-order valence-electron chi connectivity index (χ2n) is 13.4. The molecule has 168 valence electrons. The number of phenolic OH excluding ortho intramolecular Hbond substituents is 2. The average molecular weight is 429 g/mol. The Morgan fingerprint density at radius 2 is 0.750 bits per heavy atom. The summed E-state index contributed by atoms with van der Waals surface area (Å²) < 4.78 is 0. The van der Waals surface area contributed by atoms with E-state index >= 15 is 0 Å². The van der Waals surface area contributed by atoms with Crippen LogP contribution in [0.1, 0.15) is 88.2 Å². The molecular weight excluding hydrogens is 392 g/mol. The predicted octanol–water partition coefficient (Wildman–Crippen LogP) is 7.19. The van der Waals surface area contributed by atoms with Gasteiger partial charge < -0.3 is 10.2 Å². The number of benzene rings is 2. The highest BCUT2D eigenvalue weighted by Crippen LogP contribution is 2.65. The minimum absolute atomic E-state index is 0.161. The fraction of sp³-hybridized carbons (Fsp3) is 0.667. The van der Waals surface area contributed by atoms with Gasteiger partial charge in [-0.3, -0.25) is 0 Å². The minimum Gasteiger partial charge on any atom is -0.508 e. The first-order valence-electron chi connectivity index (χ1n) is 13.5. The zero-order chi connectivity index (χ0) is 21.2. The van der Waals surface area contributed by atoms with Gasteiger partial charge in [0.2, 0.25) is 0 Å². The third-order valence-corrected chi connectivity index (χ3v) is 11.3. The number of hydrogen-bond donors (Lipinski definition) is 2. The summed E-state index contributed by atoms with van der Waals surface area (Å²) in [5.41, 5.74) is 2.82. The van der Waals surface area contributed by atoms with Gasteiger partial charge >= 0.3 is 0 Å². The Morgan fingerprint density at radius 1 is 0.469 bits per heavy atom. The molecule has 8 aliphatic carbocycles. The molecule has 0 unspecified atom stereocenters. The molecule has 0 aromatic heterocycles. The van der Waals surface area contributed by atoms with Crippen molar-refractivity contribution in [1.82, 2.24) is 0 Å². The molecule has 10 rings (SSSR count). The van der Waals surface area contributed by atoms with Gasteiger partial charge in [-0.2, -0.15) is 0 Å². The first-order valence-corrected chi connectivity index (χ1v) is 13.5. The zero-order valence-corrected chi connectivity index (χ0v) is 19.2. The van der Waals surface area contributed by atoms with Crippen molar-refractivity contribution in [2.45, 2.75) is 87.9 Å². The molecule has 0 atom stereocenters. The average Bonchev–Trinajstić information content (AvgIpc) is 2.71. The van der Waals surface area contributed by atoms with Crippen LogP contribution in [-0.2, 0) is 10.8 Å². The summed E-state index contributed by atoms with van der Waals surface area (Å²) in [7, 11) is 0. The van der Waals surface area contributed by atoms with E-state index in [0.29, 0.717) is 11.5 Å². The fourth-order valence-corrected chi connectivity index (χ4v) is 11.3. The molecule has 0 heterocycles. The molecule has 8 bridgehead atoms. The van der Waals surface area contributed by atoms with Crippen LogP contribution in [0.15, 0.2) is 24.3 Å². The maximum absolute atomic E-state index is 11.3. The maximum atomic E-state index is 11.3. The number of hydrogen-bond acceptors (Lipinski definition) is 2. The molecule has 8 saturated carbocycles. The molecule has 2 aromatic carbocycles. The molecule has 2 aromatic rings. The molecule has 0 saturated heterocycles. The van der Waals surface area contributed by atoms with Crippen LogP contribution in [0.4, 0.5) is 0 Å². The number of phenols is 2. The smallest absolute Gasteiger partial charge is 0.119 e. The van der Waals surface area contributed by atoms with E-state index in [0.717, 1.165) is 35.5 Å². The minimum atomic E-state index is 0.161. The monoisotopic (exact) mass is 428 g/mol. The van der Waals surface area contributed by atoms with E-state index in [4.69, 9.17) is 0 Å². The highest BCUT2D eigenvalue weighted by atomic mass is 16.3. The topological polar surface area (TPSA) is 40.5 Å². The van der Waals surface area contributed by atoms with Crippen LogP contribution in [0.3, 0.4) is 0 Å². The van der Waals surface area contributed by atoms with Crippen molar-refractivity contribution in [2.24, 2.45) is 35.5 Å². The van der Waals surface area contributed by atoms with E-state index in [2.05, 4.69) is 12.1 Å². The number of aromatic hydroxyl groups is 2. The number of fused-ring (bicyclic) bond motifs is 1. The lowest BCUT2D eigenvalue weighted by molar-refractivity contribution is -0.00619. The first-order chi connectivity index (χ1) is 15.5. The van der Waals surface area contributed by atoms with E-state index in [1.54, 1.807) is 0 Å². The van der Waals surface area contributed by atoms with Crippen LogP contribution in [0, 0.1) is 35.5 Å². The Kier molecular flexibility index (Phi) is 3.53. The van der Waals surface area contributed by atoms with Gasteiger partial charge in [-0.25, -0.2) is 0 Å². The lowest BCUT2D eigenvalue weighted by Gasteiger charge is -2.58. The van der Waals surface area contributed by atoms with Crippen LogP contribution < -0.4 is 0 Å². The van der Waals surface area contributed by atoms with Gasteiger partial charge in [-0.05, 0) is 135 Å². The van der Waals surface area contributed by atoms with Gasteiger partial charge in [0.25, 0.3) is 0 Å². The Balaban J connectivity index is 1.34. The van der Waals surface area contributed by atoms with Gasteiger partial charge in [-0.15, -0.1) is 0 Å². The summed E-state index contributed by atoms with van der Waals surface area (Å²) in [5, 5.41) is 25.1. The van der Waals surface area contributed by atoms with Crippen molar-refractivity contribution in [3.8, 4) is 11.5 Å². The SMILES string of the molecule is Oc1ccc2c(C34CC5CC(CC(C5)C3)C4)c(O)ccc2c1C12CC3CC(CC(C3)C1)C2. The largest absolute Gasteiger partial charge is 0.508 e. The van der Waals surface area contributed by atoms with Crippen LogP contribution in [0.2, 0.25) is 0 Å². The molecule has 0 aliphatic heterocycles. The second-order valence-corrected chi connectivity index (χ2v) is 13.4. The summed E-state index contributed by atoms with van der Waals surface area (Å²) in [6.45, 7) is 0. The van der Waals surface area contributed by atoms with E-state index in [-0.39, 0.29) is 10.8 Å². The third kappa shape index (κ3) is 2.37. The van der Waals surface area contributed by atoms with E-state index < -0.39 is 0 Å². The molecule has 8 fully saturated rings. The summed E-state index contributed by atoms with van der Waals surface area (Å²) in [4.78, 5) is 0. The Morgan fingerprint density at radius 3 is 1.03 bits per heavy atom. The van der Waals surface area contributed by atoms with Crippen molar-refractivity contribution in [2.75, 3.05) is 0 Å². The zero-order valence-electron chi connectivity index (χ0n) is 19.2. The molecule has 0 spiro atoms. The van der Waals surface area contributed by atoms with Gasteiger partial charge in [0.15, 0.2) is 0 Å². The second kappa shape index (κ2) is 6.05.